The summed E-state index contributed by atoms with van der Waals surface area (Å²) in [6.45, 7) is -1.07. The number of carboxylic acids is 1. The van der Waals surface area contributed by atoms with Crippen LogP contribution in [0.2, 0.25) is 0 Å². The molecule has 0 aliphatic heterocycles. The third-order valence-electron chi connectivity index (χ3n) is 2.63. The molecule has 1 aromatic rings. The van der Waals surface area contributed by atoms with Crippen LogP contribution >= 0.6 is 15.9 Å². The maximum atomic E-state index is 13.7. The summed E-state index contributed by atoms with van der Waals surface area (Å²) in [4.78, 5) is 10.7. The van der Waals surface area contributed by atoms with Crippen LogP contribution in [0, 0.1) is 0 Å². The molecule has 0 bridgehead atoms. The van der Waals surface area contributed by atoms with Crippen molar-refractivity contribution in [3.8, 4) is 0 Å². The third-order valence-corrected chi connectivity index (χ3v) is 3.16. The van der Waals surface area contributed by atoms with Gasteiger partial charge in [-0.15, -0.1) is 0 Å². The molecule has 0 spiro atoms. The summed E-state index contributed by atoms with van der Waals surface area (Å²) in [5, 5.41) is 17.5. The monoisotopic (exact) mass is 319 g/mol. The van der Waals surface area contributed by atoms with Crippen LogP contribution in [0.5, 0.6) is 0 Å². The van der Waals surface area contributed by atoms with E-state index in [-0.39, 0.29) is 0 Å². The number of benzene rings is 1. The summed E-state index contributed by atoms with van der Waals surface area (Å²) in [6.07, 6.45) is -0.0683. The number of hydrogen-bond donors (Lipinski definition) is 3. The van der Waals surface area contributed by atoms with Gasteiger partial charge in [0.1, 0.15) is 0 Å². The van der Waals surface area contributed by atoms with Gasteiger partial charge in [0.25, 0.3) is 0 Å². The summed E-state index contributed by atoms with van der Waals surface area (Å²) in [5.41, 5.74) is 3.93. The molecule has 0 aromatic heterocycles. The zero-order valence-electron chi connectivity index (χ0n) is 9.64. The topological polar surface area (TPSA) is 83.5 Å². The minimum atomic E-state index is -2.67. The lowest BCUT2D eigenvalue weighted by Crippen LogP contribution is -2.43. The maximum absolute atomic E-state index is 13.7. The lowest BCUT2D eigenvalue weighted by molar-refractivity contribution is -0.154. The van der Waals surface area contributed by atoms with Gasteiger partial charge in [-0.25, -0.2) is 9.18 Å². The van der Waals surface area contributed by atoms with Crippen molar-refractivity contribution in [2.24, 2.45) is 5.73 Å². The number of rotatable bonds is 6. The largest absolute Gasteiger partial charge is 0.479 e. The van der Waals surface area contributed by atoms with Crippen molar-refractivity contribution in [1.29, 1.82) is 0 Å². The zero-order chi connectivity index (χ0) is 13.8. The van der Waals surface area contributed by atoms with Crippen molar-refractivity contribution in [3.05, 3.63) is 34.3 Å². The zero-order valence-corrected chi connectivity index (χ0v) is 11.2. The van der Waals surface area contributed by atoms with Crippen molar-refractivity contribution < 1.29 is 19.4 Å². The number of hydrogen-bond acceptors (Lipinski definition) is 3. The van der Waals surface area contributed by atoms with Gasteiger partial charge in [0.15, 0.2) is 0 Å². The van der Waals surface area contributed by atoms with Crippen molar-refractivity contribution >= 4 is 21.9 Å². The average molecular weight is 320 g/mol. The van der Waals surface area contributed by atoms with Crippen LogP contribution in [-0.4, -0.2) is 34.5 Å². The highest BCUT2D eigenvalue weighted by Crippen LogP contribution is 2.20. The fourth-order valence-corrected chi connectivity index (χ4v) is 1.89. The molecule has 0 unspecified atom stereocenters. The number of aliphatic hydroxyl groups is 1. The van der Waals surface area contributed by atoms with Crippen LogP contribution in [0.1, 0.15) is 12.0 Å². The molecule has 0 fully saturated rings. The number of carbonyl (C=O) groups is 1. The molecule has 100 valence electrons. The number of aliphatic carboxylic acids is 1. The van der Waals surface area contributed by atoms with Crippen LogP contribution < -0.4 is 5.73 Å². The highest BCUT2D eigenvalue weighted by atomic mass is 79.9. The van der Waals surface area contributed by atoms with E-state index >= 15 is 0 Å². The van der Waals surface area contributed by atoms with Gasteiger partial charge in [-0.1, -0.05) is 28.1 Å². The van der Waals surface area contributed by atoms with E-state index < -0.39 is 30.7 Å². The molecule has 0 amide bonds. The van der Waals surface area contributed by atoms with Crippen molar-refractivity contribution in [3.63, 3.8) is 0 Å². The van der Waals surface area contributed by atoms with Gasteiger partial charge in [0.2, 0.25) is 5.67 Å². The highest BCUT2D eigenvalue weighted by molar-refractivity contribution is 9.10. The number of aliphatic hydroxyl groups excluding tert-OH is 1. The van der Waals surface area contributed by atoms with Crippen LogP contribution in [-0.2, 0) is 11.2 Å². The first-order valence-electron chi connectivity index (χ1n) is 5.40. The van der Waals surface area contributed by atoms with E-state index in [4.69, 9.17) is 15.9 Å². The number of nitrogens with two attached hydrogens (primary N) is 1. The normalized spacial score (nSPS) is 16.0. The molecule has 0 radical (unpaired) electrons. The van der Waals surface area contributed by atoms with Crippen LogP contribution in [0.4, 0.5) is 4.39 Å². The molecule has 0 aliphatic carbocycles. The Labute approximate surface area is 113 Å². The van der Waals surface area contributed by atoms with Crippen molar-refractivity contribution in [1.82, 2.24) is 0 Å². The van der Waals surface area contributed by atoms with Gasteiger partial charge in [-0.3, -0.25) is 0 Å². The molecule has 4 nitrogen and oxygen atoms in total. The van der Waals surface area contributed by atoms with Gasteiger partial charge in [0, 0.05) is 16.9 Å². The Balaban J connectivity index is 2.63. The lowest BCUT2D eigenvalue weighted by Gasteiger charge is -2.22. The summed E-state index contributed by atoms with van der Waals surface area (Å²) < 4.78 is 14.6. The molecule has 0 saturated heterocycles. The van der Waals surface area contributed by atoms with E-state index in [0.717, 1.165) is 10.0 Å². The second-order valence-corrected chi connectivity index (χ2v) is 5.14. The van der Waals surface area contributed by atoms with E-state index in [0.29, 0.717) is 6.42 Å². The Bertz CT molecular complexity index is 412. The molecular formula is C12H15BrFNO3. The molecule has 1 rings (SSSR count). The Morgan fingerprint density at radius 2 is 2.00 bits per heavy atom. The van der Waals surface area contributed by atoms with Crippen LogP contribution in [0.15, 0.2) is 28.7 Å². The van der Waals surface area contributed by atoms with E-state index in [9.17, 15) is 9.18 Å². The van der Waals surface area contributed by atoms with Gasteiger partial charge in [-0.05, 0) is 24.1 Å². The molecule has 6 heteroatoms. The van der Waals surface area contributed by atoms with Crippen molar-refractivity contribution in [2.45, 2.75) is 24.6 Å². The summed E-state index contributed by atoms with van der Waals surface area (Å²) in [7, 11) is 0. The van der Waals surface area contributed by atoms with E-state index in [2.05, 4.69) is 15.9 Å². The van der Waals surface area contributed by atoms with Gasteiger partial charge >= 0.3 is 5.97 Å². The van der Waals surface area contributed by atoms with E-state index in [1.54, 1.807) is 0 Å². The van der Waals surface area contributed by atoms with Crippen LogP contribution in [0.3, 0.4) is 0 Å². The predicted molar refractivity (Wildman–Crippen MR) is 69.0 cm³/mol. The lowest BCUT2D eigenvalue weighted by atomic mass is 9.94. The standard InChI is InChI=1S/C12H15BrFNO3/c13-9-3-1-8(2-4-9)5-10(15)6-12(14,7-16)11(17)18/h1-4,10,16H,5-7,15H2,(H,17,18)/t10-,12-/m1/s1. The van der Waals surface area contributed by atoms with E-state index in [1.807, 2.05) is 24.3 Å². The first-order valence-corrected chi connectivity index (χ1v) is 6.20. The smallest absolute Gasteiger partial charge is 0.343 e. The minimum absolute atomic E-state index is 0.353. The Morgan fingerprint density at radius 1 is 1.44 bits per heavy atom. The molecule has 2 atom stereocenters. The molecule has 18 heavy (non-hydrogen) atoms. The maximum Gasteiger partial charge on any atom is 0.343 e. The Hall–Kier alpha value is -0.980. The number of halogens is 2. The Morgan fingerprint density at radius 3 is 2.44 bits per heavy atom. The second kappa shape index (κ2) is 6.26. The fourth-order valence-electron chi connectivity index (χ4n) is 1.63. The van der Waals surface area contributed by atoms with Gasteiger partial charge < -0.3 is 15.9 Å². The van der Waals surface area contributed by atoms with Crippen LogP contribution in [0.25, 0.3) is 0 Å². The van der Waals surface area contributed by atoms with E-state index in [1.165, 1.54) is 0 Å². The second-order valence-electron chi connectivity index (χ2n) is 4.22. The molecule has 4 N–H and O–H groups in total. The average Bonchev–Trinajstić information content (AvgIpc) is 2.31. The first kappa shape index (κ1) is 15.1. The Kier molecular flexibility index (Phi) is 5.25. The predicted octanol–water partition coefficient (Wildman–Crippen LogP) is 1.49. The van der Waals surface area contributed by atoms with Gasteiger partial charge in [-0.2, -0.15) is 0 Å². The molecule has 0 aliphatic rings. The quantitative estimate of drug-likeness (QED) is 0.742. The number of carboxylic acid groups (broad SMARTS) is 1. The SMILES string of the molecule is N[C@H](Cc1ccc(Br)cc1)C[C@@](F)(CO)C(=O)O. The third kappa shape index (κ3) is 4.04. The minimum Gasteiger partial charge on any atom is -0.479 e. The summed E-state index contributed by atoms with van der Waals surface area (Å²) in [5.74, 6) is -1.68. The highest BCUT2D eigenvalue weighted by Gasteiger charge is 2.39. The summed E-state index contributed by atoms with van der Waals surface area (Å²) >= 11 is 3.29. The molecule has 1 aromatic carbocycles. The summed E-state index contributed by atoms with van der Waals surface area (Å²) in [6, 6.07) is 6.63. The number of alkyl halides is 1. The van der Waals surface area contributed by atoms with Gasteiger partial charge in [0.05, 0.1) is 6.61 Å². The first-order chi connectivity index (χ1) is 8.37. The fraction of sp³-hybridized carbons (Fsp3) is 0.417. The van der Waals surface area contributed by atoms with Crippen molar-refractivity contribution in [2.75, 3.05) is 6.61 Å². The molecule has 0 saturated carbocycles. The molecular weight excluding hydrogens is 305 g/mol. The molecule has 0 heterocycles.